The zero-order chi connectivity index (χ0) is 13.8. The van der Waals surface area contributed by atoms with Gasteiger partial charge in [-0.3, -0.25) is 4.79 Å². The molecule has 0 aliphatic carbocycles. The van der Waals surface area contributed by atoms with Crippen molar-refractivity contribution in [3.05, 3.63) is 28.7 Å². The van der Waals surface area contributed by atoms with Crippen LogP contribution in [0, 0.1) is 0 Å². The van der Waals surface area contributed by atoms with Crippen LogP contribution in [0.1, 0.15) is 26.7 Å². The van der Waals surface area contributed by atoms with Gasteiger partial charge in [0, 0.05) is 18.5 Å². The SMILES string of the molecule is CCC(CC)(CO)NS(=O)(=O)c1c[nH]ccc1=O. The summed E-state index contributed by atoms with van der Waals surface area (Å²) in [7, 11) is -3.94. The molecule has 0 aromatic carbocycles. The Labute approximate surface area is 106 Å². The number of aliphatic hydroxyl groups excluding tert-OH is 1. The smallest absolute Gasteiger partial charge is 0.246 e. The standard InChI is InChI=1S/C11H18N2O4S/c1-3-11(4-2,8-14)13-18(16,17)10-7-12-6-5-9(10)15/h5-7,13-14H,3-4,8H2,1-2H3,(H,12,15). The van der Waals surface area contributed by atoms with E-state index in [2.05, 4.69) is 9.71 Å². The van der Waals surface area contributed by atoms with Crippen molar-refractivity contribution >= 4 is 10.0 Å². The van der Waals surface area contributed by atoms with Crippen molar-refractivity contribution < 1.29 is 13.5 Å². The quantitative estimate of drug-likeness (QED) is 0.690. The summed E-state index contributed by atoms with van der Waals surface area (Å²) < 4.78 is 26.6. The largest absolute Gasteiger partial charge is 0.394 e. The summed E-state index contributed by atoms with van der Waals surface area (Å²) in [5.74, 6) is 0. The molecule has 0 radical (unpaired) electrons. The Morgan fingerprint density at radius 1 is 1.39 bits per heavy atom. The number of rotatable bonds is 6. The van der Waals surface area contributed by atoms with E-state index in [4.69, 9.17) is 0 Å². The second-order valence-corrected chi connectivity index (χ2v) is 5.77. The minimum atomic E-state index is -3.94. The molecule has 6 nitrogen and oxygen atoms in total. The van der Waals surface area contributed by atoms with Gasteiger partial charge in [0.1, 0.15) is 4.90 Å². The van der Waals surface area contributed by atoms with Crippen molar-refractivity contribution in [3.63, 3.8) is 0 Å². The van der Waals surface area contributed by atoms with Gasteiger partial charge in [-0.1, -0.05) is 13.8 Å². The second-order valence-electron chi connectivity index (χ2n) is 4.12. The van der Waals surface area contributed by atoms with Gasteiger partial charge in [0.05, 0.1) is 12.1 Å². The van der Waals surface area contributed by atoms with E-state index >= 15 is 0 Å². The molecule has 0 atom stereocenters. The third-order valence-corrected chi connectivity index (χ3v) is 4.68. The van der Waals surface area contributed by atoms with Gasteiger partial charge in [-0.2, -0.15) is 0 Å². The summed E-state index contributed by atoms with van der Waals surface area (Å²) in [6, 6.07) is 1.15. The van der Waals surface area contributed by atoms with Crippen LogP contribution in [-0.2, 0) is 10.0 Å². The van der Waals surface area contributed by atoms with E-state index < -0.39 is 21.0 Å². The molecule has 1 rings (SSSR count). The number of hydrogen-bond donors (Lipinski definition) is 3. The number of sulfonamides is 1. The number of H-pyrrole nitrogens is 1. The number of aromatic amines is 1. The summed E-state index contributed by atoms with van der Waals surface area (Å²) in [5, 5.41) is 9.34. The molecule has 0 spiro atoms. The first-order chi connectivity index (χ1) is 8.40. The Hall–Kier alpha value is -1.18. The Morgan fingerprint density at radius 2 is 2.00 bits per heavy atom. The first kappa shape index (κ1) is 14.9. The maximum absolute atomic E-state index is 12.1. The minimum Gasteiger partial charge on any atom is -0.394 e. The van der Waals surface area contributed by atoms with E-state index in [-0.39, 0.29) is 11.5 Å². The summed E-state index contributed by atoms with van der Waals surface area (Å²) in [6.45, 7) is 3.24. The summed E-state index contributed by atoms with van der Waals surface area (Å²) in [6.07, 6.45) is 3.37. The molecule has 1 heterocycles. The fourth-order valence-corrected chi connectivity index (χ4v) is 3.19. The van der Waals surface area contributed by atoms with Crippen LogP contribution in [0.25, 0.3) is 0 Å². The van der Waals surface area contributed by atoms with Crippen LogP contribution >= 0.6 is 0 Å². The van der Waals surface area contributed by atoms with Crippen LogP contribution in [0.15, 0.2) is 28.2 Å². The van der Waals surface area contributed by atoms with Crippen molar-refractivity contribution in [1.82, 2.24) is 9.71 Å². The topological polar surface area (TPSA) is 99.3 Å². The van der Waals surface area contributed by atoms with Gasteiger partial charge in [0.25, 0.3) is 0 Å². The minimum absolute atomic E-state index is 0.316. The zero-order valence-electron chi connectivity index (χ0n) is 10.4. The second kappa shape index (κ2) is 5.64. The number of aromatic nitrogens is 1. The molecule has 1 aromatic rings. The molecule has 0 unspecified atom stereocenters. The molecule has 0 saturated heterocycles. The average Bonchev–Trinajstić information content (AvgIpc) is 2.36. The highest BCUT2D eigenvalue weighted by Crippen LogP contribution is 2.17. The Kier molecular flexibility index (Phi) is 4.66. The van der Waals surface area contributed by atoms with Gasteiger partial charge in [-0.05, 0) is 12.8 Å². The number of pyridine rings is 1. The lowest BCUT2D eigenvalue weighted by Crippen LogP contribution is -2.51. The molecular weight excluding hydrogens is 256 g/mol. The molecule has 102 valence electrons. The highest BCUT2D eigenvalue weighted by molar-refractivity contribution is 7.89. The van der Waals surface area contributed by atoms with Crippen LogP contribution < -0.4 is 10.2 Å². The third kappa shape index (κ3) is 2.98. The lowest BCUT2D eigenvalue weighted by molar-refractivity contribution is 0.172. The first-order valence-corrected chi connectivity index (χ1v) is 7.21. The van der Waals surface area contributed by atoms with E-state index in [1.54, 1.807) is 13.8 Å². The predicted molar refractivity (Wildman–Crippen MR) is 67.8 cm³/mol. The Balaban J connectivity index is 3.17. The van der Waals surface area contributed by atoms with Crippen molar-refractivity contribution in [1.29, 1.82) is 0 Å². The molecule has 0 saturated carbocycles. The lowest BCUT2D eigenvalue weighted by atomic mass is 9.96. The Morgan fingerprint density at radius 3 is 2.44 bits per heavy atom. The van der Waals surface area contributed by atoms with E-state index in [0.717, 1.165) is 12.3 Å². The van der Waals surface area contributed by atoms with E-state index in [9.17, 15) is 18.3 Å². The number of aliphatic hydroxyl groups is 1. The van der Waals surface area contributed by atoms with Crippen molar-refractivity contribution in [3.8, 4) is 0 Å². The monoisotopic (exact) mass is 274 g/mol. The van der Waals surface area contributed by atoms with E-state index in [1.165, 1.54) is 6.20 Å². The predicted octanol–water partition coefficient (Wildman–Crippen LogP) is 0.204. The lowest BCUT2D eigenvalue weighted by Gasteiger charge is -2.30. The first-order valence-electron chi connectivity index (χ1n) is 5.72. The molecule has 1 aromatic heterocycles. The van der Waals surface area contributed by atoms with E-state index in [0.29, 0.717) is 12.8 Å². The van der Waals surface area contributed by atoms with Crippen LogP contribution in [0.2, 0.25) is 0 Å². The van der Waals surface area contributed by atoms with Crippen LogP contribution in [-0.4, -0.2) is 30.7 Å². The normalized spacial score (nSPS) is 12.6. The van der Waals surface area contributed by atoms with Crippen LogP contribution in [0.3, 0.4) is 0 Å². The summed E-state index contributed by atoms with van der Waals surface area (Å²) in [4.78, 5) is 13.7. The molecule has 18 heavy (non-hydrogen) atoms. The Bertz CT molecular complexity index is 538. The molecule has 0 bridgehead atoms. The maximum atomic E-state index is 12.1. The van der Waals surface area contributed by atoms with Crippen LogP contribution in [0.5, 0.6) is 0 Å². The highest BCUT2D eigenvalue weighted by Gasteiger charge is 2.32. The van der Waals surface area contributed by atoms with E-state index in [1.807, 2.05) is 0 Å². The molecular formula is C11H18N2O4S. The highest BCUT2D eigenvalue weighted by atomic mass is 32.2. The van der Waals surface area contributed by atoms with Gasteiger partial charge in [0.2, 0.25) is 15.5 Å². The van der Waals surface area contributed by atoms with Gasteiger partial charge < -0.3 is 10.1 Å². The molecule has 7 heteroatoms. The number of hydrogen-bond acceptors (Lipinski definition) is 4. The maximum Gasteiger partial charge on any atom is 0.246 e. The third-order valence-electron chi connectivity index (χ3n) is 3.08. The average molecular weight is 274 g/mol. The molecule has 0 fully saturated rings. The molecule has 3 N–H and O–H groups in total. The number of nitrogens with one attached hydrogen (secondary N) is 2. The van der Waals surface area contributed by atoms with Gasteiger partial charge in [-0.15, -0.1) is 0 Å². The zero-order valence-corrected chi connectivity index (χ0v) is 11.3. The van der Waals surface area contributed by atoms with Gasteiger partial charge in [-0.25, -0.2) is 13.1 Å². The molecule has 0 aliphatic rings. The summed E-state index contributed by atoms with van der Waals surface area (Å²) in [5.41, 5.74) is -1.51. The fourth-order valence-electron chi connectivity index (χ4n) is 1.60. The van der Waals surface area contributed by atoms with Gasteiger partial charge >= 0.3 is 0 Å². The van der Waals surface area contributed by atoms with Crippen molar-refractivity contribution in [2.45, 2.75) is 37.1 Å². The fraction of sp³-hybridized carbons (Fsp3) is 0.545. The molecule has 0 amide bonds. The van der Waals surface area contributed by atoms with Gasteiger partial charge in [0.15, 0.2) is 0 Å². The molecule has 0 aliphatic heterocycles. The summed E-state index contributed by atoms with van der Waals surface area (Å²) >= 11 is 0. The van der Waals surface area contributed by atoms with Crippen molar-refractivity contribution in [2.24, 2.45) is 0 Å². The van der Waals surface area contributed by atoms with Crippen molar-refractivity contribution in [2.75, 3.05) is 6.61 Å². The van der Waals surface area contributed by atoms with Crippen LogP contribution in [0.4, 0.5) is 0 Å².